The van der Waals surface area contributed by atoms with Crippen LogP contribution in [-0.2, 0) is 6.42 Å². The Morgan fingerprint density at radius 3 is 2.65 bits per heavy atom. The van der Waals surface area contributed by atoms with Crippen LogP contribution >= 0.6 is 0 Å². The lowest BCUT2D eigenvalue weighted by Crippen LogP contribution is -2.27. The lowest BCUT2D eigenvalue weighted by atomic mass is 9.88. The van der Waals surface area contributed by atoms with Crippen LogP contribution in [0.15, 0.2) is 18.5 Å². The topological polar surface area (TPSA) is 24.9 Å². The maximum atomic E-state index is 4.24. The lowest BCUT2D eigenvalue weighted by Gasteiger charge is -2.26. The van der Waals surface area contributed by atoms with Gasteiger partial charge >= 0.3 is 0 Å². The minimum absolute atomic E-state index is 0.470. The summed E-state index contributed by atoms with van der Waals surface area (Å²) in [5, 5.41) is 3.63. The summed E-state index contributed by atoms with van der Waals surface area (Å²) in [4.78, 5) is 4.24. The first-order valence-electron chi connectivity index (χ1n) is 6.90. The highest BCUT2D eigenvalue weighted by atomic mass is 14.9. The molecule has 0 amide bonds. The summed E-state index contributed by atoms with van der Waals surface area (Å²) in [5.41, 5.74) is 2.81. The van der Waals surface area contributed by atoms with Crippen LogP contribution in [-0.4, -0.2) is 11.5 Å². The number of pyridine rings is 1. The van der Waals surface area contributed by atoms with Crippen LogP contribution in [0.25, 0.3) is 0 Å². The minimum atomic E-state index is 0.470. The number of aromatic nitrogens is 1. The van der Waals surface area contributed by atoms with Gasteiger partial charge in [0.05, 0.1) is 0 Å². The van der Waals surface area contributed by atoms with Crippen LogP contribution in [0.1, 0.15) is 57.7 Å². The van der Waals surface area contributed by atoms with E-state index in [9.17, 15) is 0 Å². The molecule has 0 radical (unpaired) electrons. The zero-order valence-electron chi connectivity index (χ0n) is 11.7. The van der Waals surface area contributed by atoms with Crippen molar-refractivity contribution in [1.29, 1.82) is 0 Å². The summed E-state index contributed by atoms with van der Waals surface area (Å²) >= 11 is 0. The smallest absolute Gasteiger partial charge is 0.0349 e. The average molecular weight is 234 g/mol. The number of hydrogen-bond acceptors (Lipinski definition) is 2. The Bertz CT molecular complexity index is 322. The molecule has 2 atom stereocenters. The molecule has 17 heavy (non-hydrogen) atoms. The van der Waals surface area contributed by atoms with E-state index in [1.807, 2.05) is 12.4 Å². The van der Waals surface area contributed by atoms with Crippen LogP contribution in [0.5, 0.6) is 0 Å². The van der Waals surface area contributed by atoms with E-state index in [0.29, 0.717) is 12.0 Å². The third kappa shape index (κ3) is 3.81. The predicted octanol–water partition coefficient (Wildman–Crippen LogP) is 3.73. The van der Waals surface area contributed by atoms with E-state index in [2.05, 4.69) is 44.1 Å². The van der Waals surface area contributed by atoms with Crippen molar-refractivity contribution in [2.75, 3.05) is 6.54 Å². The molecule has 0 spiro atoms. The third-order valence-corrected chi connectivity index (χ3v) is 3.39. The van der Waals surface area contributed by atoms with E-state index in [-0.39, 0.29) is 0 Å². The molecule has 96 valence electrons. The Balaban J connectivity index is 2.95. The molecule has 1 aromatic heterocycles. The fourth-order valence-electron chi connectivity index (χ4n) is 2.50. The fourth-order valence-corrected chi connectivity index (χ4v) is 2.50. The summed E-state index contributed by atoms with van der Waals surface area (Å²) in [6.07, 6.45) is 7.50. The Hall–Kier alpha value is -0.890. The van der Waals surface area contributed by atoms with E-state index in [1.54, 1.807) is 0 Å². The molecule has 2 unspecified atom stereocenters. The first-order chi connectivity index (χ1) is 8.24. The maximum absolute atomic E-state index is 4.24. The highest BCUT2D eigenvalue weighted by Crippen LogP contribution is 2.27. The molecule has 0 saturated heterocycles. The molecule has 0 aliphatic heterocycles. The quantitative estimate of drug-likeness (QED) is 0.777. The van der Waals surface area contributed by atoms with E-state index < -0.39 is 0 Å². The van der Waals surface area contributed by atoms with Crippen molar-refractivity contribution in [3.8, 4) is 0 Å². The molecule has 1 N–H and O–H groups in total. The second kappa shape index (κ2) is 7.44. The first-order valence-corrected chi connectivity index (χ1v) is 6.90. The largest absolute Gasteiger partial charge is 0.310 e. The standard InChI is InChI=1S/C15H26N2/c1-5-8-12(4)15(17-7-3)14-9-10-16-11-13(14)6-2/h9-12,15,17H,5-8H2,1-4H3. The van der Waals surface area contributed by atoms with Crippen molar-refractivity contribution in [1.82, 2.24) is 10.3 Å². The van der Waals surface area contributed by atoms with Gasteiger partial charge in [-0.1, -0.05) is 34.1 Å². The molecule has 1 heterocycles. The van der Waals surface area contributed by atoms with Gasteiger partial charge in [0.1, 0.15) is 0 Å². The molecule has 1 rings (SSSR count). The van der Waals surface area contributed by atoms with Crippen LogP contribution in [0.2, 0.25) is 0 Å². The van der Waals surface area contributed by atoms with Gasteiger partial charge in [0.2, 0.25) is 0 Å². The molecule has 0 bridgehead atoms. The Labute approximate surface area is 106 Å². The zero-order valence-corrected chi connectivity index (χ0v) is 11.7. The van der Waals surface area contributed by atoms with Gasteiger partial charge in [-0.05, 0) is 42.5 Å². The predicted molar refractivity (Wildman–Crippen MR) is 74.1 cm³/mol. The average Bonchev–Trinajstić information content (AvgIpc) is 2.36. The van der Waals surface area contributed by atoms with Crippen LogP contribution in [0, 0.1) is 5.92 Å². The molecule has 0 fully saturated rings. The second-order valence-electron chi connectivity index (χ2n) is 4.73. The molecule has 0 aromatic carbocycles. The molecular formula is C15H26N2. The van der Waals surface area contributed by atoms with Crippen molar-refractivity contribution in [3.63, 3.8) is 0 Å². The van der Waals surface area contributed by atoms with Gasteiger partial charge in [-0.25, -0.2) is 0 Å². The van der Waals surface area contributed by atoms with Crippen molar-refractivity contribution in [2.45, 2.75) is 53.0 Å². The molecule has 2 nitrogen and oxygen atoms in total. The normalized spacial score (nSPS) is 14.6. The summed E-state index contributed by atoms with van der Waals surface area (Å²) < 4.78 is 0. The Morgan fingerprint density at radius 1 is 1.29 bits per heavy atom. The van der Waals surface area contributed by atoms with Crippen LogP contribution in [0.3, 0.4) is 0 Å². The number of nitrogens with zero attached hydrogens (tertiary/aromatic N) is 1. The molecule has 0 aliphatic carbocycles. The van der Waals surface area contributed by atoms with Gasteiger partial charge in [0.25, 0.3) is 0 Å². The van der Waals surface area contributed by atoms with Crippen molar-refractivity contribution in [3.05, 3.63) is 29.6 Å². The third-order valence-electron chi connectivity index (χ3n) is 3.39. The minimum Gasteiger partial charge on any atom is -0.310 e. The van der Waals surface area contributed by atoms with Crippen molar-refractivity contribution >= 4 is 0 Å². The number of rotatable bonds is 7. The van der Waals surface area contributed by atoms with Crippen LogP contribution < -0.4 is 5.32 Å². The molecule has 0 saturated carbocycles. The van der Waals surface area contributed by atoms with Gasteiger partial charge in [-0.3, -0.25) is 4.98 Å². The van der Waals surface area contributed by atoms with Crippen molar-refractivity contribution in [2.24, 2.45) is 5.92 Å². The number of nitrogens with one attached hydrogen (secondary N) is 1. The highest BCUT2D eigenvalue weighted by Gasteiger charge is 2.19. The SMILES string of the molecule is CCCC(C)C(NCC)c1ccncc1CC. The summed E-state index contributed by atoms with van der Waals surface area (Å²) in [7, 11) is 0. The summed E-state index contributed by atoms with van der Waals surface area (Å²) in [5.74, 6) is 0.674. The van der Waals surface area contributed by atoms with E-state index in [4.69, 9.17) is 0 Å². The number of hydrogen-bond donors (Lipinski definition) is 1. The van der Waals surface area contributed by atoms with Crippen molar-refractivity contribution < 1.29 is 0 Å². The fraction of sp³-hybridized carbons (Fsp3) is 0.667. The number of aryl methyl sites for hydroxylation is 1. The Kier molecular flexibility index (Phi) is 6.20. The van der Waals surface area contributed by atoms with E-state index in [1.165, 1.54) is 24.0 Å². The van der Waals surface area contributed by atoms with E-state index >= 15 is 0 Å². The maximum Gasteiger partial charge on any atom is 0.0349 e. The van der Waals surface area contributed by atoms with E-state index in [0.717, 1.165) is 13.0 Å². The van der Waals surface area contributed by atoms with Crippen LogP contribution in [0.4, 0.5) is 0 Å². The summed E-state index contributed by atoms with van der Waals surface area (Å²) in [6, 6.07) is 2.65. The lowest BCUT2D eigenvalue weighted by molar-refractivity contribution is 0.367. The molecular weight excluding hydrogens is 208 g/mol. The molecule has 1 aromatic rings. The van der Waals surface area contributed by atoms with Gasteiger partial charge < -0.3 is 5.32 Å². The molecule has 0 aliphatic rings. The second-order valence-corrected chi connectivity index (χ2v) is 4.73. The Morgan fingerprint density at radius 2 is 2.06 bits per heavy atom. The first kappa shape index (κ1) is 14.2. The van der Waals surface area contributed by atoms with Gasteiger partial charge in [-0.2, -0.15) is 0 Å². The van der Waals surface area contributed by atoms with Gasteiger partial charge in [0, 0.05) is 18.4 Å². The van der Waals surface area contributed by atoms with Gasteiger partial charge in [0.15, 0.2) is 0 Å². The summed E-state index contributed by atoms with van der Waals surface area (Å²) in [6.45, 7) is 10.0. The van der Waals surface area contributed by atoms with Gasteiger partial charge in [-0.15, -0.1) is 0 Å². The monoisotopic (exact) mass is 234 g/mol. The zero-order chi connectivity index (χ0) is 12.7. The highest BCUT2D eigenvalue weighted by molar-refractivity contribution is 5.27. The molecule has 2 heteroatoms.